The molecule has 0 saturated carbocycles. The summed E-state index contributed by atoms with van der Waals surface area (Å²) in [6.45, 7) is 2.11. The van der Waals surface area contributed by atoms with E-state index >= 15 is 0 Å². The highest BCUT2D eigenvalue weighted by atomic mass is 32.2. The second-order valence-corrected chi connectivity index (χ2v) is 6.32. The van der Waals surface area contributed by atoms with Gasteiger partial charge in [-0.1, -0.05) is 13.3 Å². The van der Waals surface area contributed by atoms with Gasteiger partial charge < -0.3 is 10.4 Å². The summed E-state index contributed by atoms with van der Waals surface area (Å²) in [6.07, 6.45) is 1.64. The maximum Gasteiger partial charge on any atom is 0.303 e. The number of sulfone groups is 1. The lowest BCUT2D eigenvalue weighted by Gasteiger charge is -2.13. The Morgan fingerprint density at radius 2 is 1.94 bits per heavy atom. The first kappa shape index (κ1) is 15.9. The third-order valence-corrected chi connectivity index (χ3v) is 3.27. The molecule has 0 aliphatic heterocycles. The standard InChI is InChI=1S/C10H19NO5S/c1-3-8(6-10(13)14)7-11-9(12)4-5-17(2,15)16/h8H,3-7H2,1-2H3,(H,11,12)(H,13,14). The van der Waals surface area contributed by atoms with Crippen LogP contribution in [0.25, 0.3) is 0 Å². The fourth-order valence-corrected chi connectivity index (χ4v) is 1.79. The van der Waals surface area contributed by atoms with Crippen LogP contribution in [-0.4, -0.2) is 44.0 Å². The van der Waals surface area contributed by atoms with E-state index in [1.807, 2.05) is 6.92 Å². The summed E-state index contributed by atoms with van der Waals surface area (Å²) in [4.78, 5) is 21.8. The zero-order valence-electron chi connectivity index (χ0n) is 10.1. The SMILES string of the molecule is CCC(CNC(=O)CCS(C)(=O)=O)CC(=O)O. The molecule has 0 aromatic heterocycles. The Balaban J connectivity index is 3.93. The van der Waals surface area contributed by atoms with Gasteiger partial charge in [0, 0.05) is 25.6 Å². The van der Waals surface area contributed by atoms with Crippen LogP contribution in [0.4, 0.5) is 0 Å². The number of carboxylic acid groups (broad SMARTS) is 1. The molecule has 0 spiro atoms. The molecule has 7 heteroatoms. The summed E-state index contributed by atoms with van der Waals surface area (Å²) in [5.74, 6) is -1.56. The number of carboxylic acids is 1. The monoisotopic (exact) mass is 265 g/mol. The van der Waals surface area contributed by atoms with Gasteiger partial charge in [0.05, 0.1) is 5.75 Å². The van der Waals surface area contributed by atoms with Crippen molar-refractivity contribution in [1.82, 2.24) is 5.32 Å². The van der Waals surface area contributed by atoms with Crippen LogP contribution in [0.2, 0.25) is 0 Å². The minimum absolute atomic E-state index is 0.00283. The number of carbonyl (C=O) groups excluding carboxylic acids is 1. The summed E-state index contributed by atoms with van der Waals surface area (Å²) >= 11 is 0. The fourth-order valence-electron chi connectivity index (χ4n) is 1.23. The number of rotatable bonds is 8. The minimum atomic E-state index is -3.14. The fraction of sp³-hybridized carbons (Fsp3) is 0.800. The van der Waals surface area contributed by atoms with Crippen molar-refractivity contribution in [3.63, 3.8) is 0 Å². The maximum absolute atomic E-state index is 11.3. The van der Waals surface area contributed by atoms with Crippen LogP contribution in [0.15, 0.2) is 0 Å². The van der Waals surface area contributed by atoms with Gasteiger partial charge in [0.25, 0.3) is 0 Å². The minimum Gasteiger partial charge on any atom is -0.481 e. The Hall–Kier alpha value is -1.11. The van der Waals surface area contributed by atoms with Crippen LogP contribution in [0.3, 0.4) is 0 Å². The van der Waals surface area contributed by atoms with E-state index in [0.29, 0.717) is 6.42 Å². The molecule has 0 bridgehead atoms. The first-order valence-corrected chi connectivity index (χ1v) is 7.47. The van der Waals surface area contributed by atoms with Crippen molar-refractivity contribution in [3.8, 4) is 0 Å². The molecule has 0 fully saturated rings. The van der Waals surface area contributed by atoms with Crippen LogP contribution in [-0.2, 0) is 19.4 Å². The maximum atomic E-state index is 11.3. The number of nitrogens with one attached hydrogen (secondary N) is 1. The third-order valence-electron chi connectivity index (χ3n) is 2.33. The zero-order chi connectivity index (χ0) is 13.5. The second-order valence-electron chi connectivity index (χ2n) is 4.06. The molecular formula is C10H19NO5S. The normalized spacial score (nSPS) is 13.1. The van der Waals surface area contributed by atoms with Crippen molar-refractivity contribution < 1.29 is 23.1 Å². The second kappa shape index (κ2) is 7.26. The van der Waals surface area contributed by atoms with Gasteiger partial charge in [0.15, 0.2) is 0 Å². The highest BCUT2D eigenvalue weighted by Gasteiger charge is 2.13. The molecule has 0 heterocycles. The van der Waals surface area contributed by atoms with E-state index in [-0.39, 0.29) is 37.0 Å². The average Bonchev–Trinajstić information content (AvgIpc) is 2.19. The van der Waals surface area contributed by atoms with Crippen molar-refractivity contribution >= 4 is 21.7 Å². The Labute approximate surface area is 101 Å². The van der Waals surface area contributed by atoms with Gasteiger partial charge in [0.1, 0.15) is 9.84 Å². The van der Waals surface area contributed by atoms with Crippen molar-refractivity contribution in [3.05, 3.63) is 0 Å². The molecule has 6 nitrogen and oxygen atoms in total. The molecular weight excluding hydrogens is 246 g/mol. The van der Waals surface area contributed by atoms with Crippen LogP contribution >= 0.6 is 0 Å². The molecule has 1 unspecified atom stereocenters. The Morgan fingerprint density at radius 3 is 2.35 bits per heavy atom. The lowest BCUT2D eigenvalue weighted by molar-refractivity contribution is -0.138. The molecule has 17 heavy (non-hydrogen) atoms. The molecule has 2 N–H and O–H groups in total. The quantitative estimate of drug-likeness (QED) is 0.645. The number of hydrogen-bond acceptors (Lipinski definition) is 4. The highest BCUT2D eigenvalue weighted by Crippen LogP contribution is 2.06. The van der Waals surface area contributed by atoms with Crippen molar-refractivity contribution in [1.29, 1.82) is 0 Å². The number of hydrogen-bond donors (Lipinski definition) is 2. The van der Waals surface area contributed by atoms with E-state index in [9.17, 15) is 18.0 Å². The predicted molar refractivity (Wildman–Crippen MR) is 63.4 cm³/mol. The molecule has 0 aliphatic rings. The Morgan fingerprint density at radius 1 is 1.35 bits per heavy atom. The lowest BCUT2D eigenvalue weighted by atomic mass is 10.0. The van der Waals surface area contributed by atoms with Gasteiger partial charge in [0.2, 0.25) is 5.91 Å². The first-order valence-electron chi connectivity index (χ1n) is 5.40. The van der Waals surface area contributed by atoms with Gasteiger partial charge in [-0.3, -0.25) is 9.59 Å². The van der Waals surface area contributed by atoms with E-state index in [4.69, 9.17) is 5.11 Å². The summed E-state index contributed by atoms with van der Waals surface area (Å²) in [6, 6.07) is 0. The lowest BCUT2D eigenvalue weighted by Crippen LogP contribution is -2.31. The first-order chi connectivity index (χ1) is 7.74. The third kappa shape index (κ3) is 9.80. The number of amides is 1. The topological polar surface area (TPSA) is 101 Å². The smallest absolute Gasteiger partial charge is 0.303 e. The zero-order valence-corrected chi connectivity index (χ0v) is 10.9. The average molecular weight is 265 g/mol. The molecule has 1 atom stereocenters. The van der Waals surface area contributed by atoms with Gasteiger partial charge in [-0.2, -0.15) is 0 Å². The summed E-state index contributed by atoms with van der Waals surface area (Å²) in [5, 5.41) is 11.1. The van der Waals surface area contributed by atoms with Crippen molar-refractivity contribution in [2.45, 2.75) is 26.2 Å². The van der Waals surface area contributed by atoms with Crippen LogP contribution < -0.4 is 5.32 Å². The largest absolute Gasteiger partial charge is 0.481 e. The van der Waals surface area contributed by atoms with Gasteiger partial charge in [-0.15, -0.1) is 0 Å². The molecule has 0 aromatic rings. The van der Waals surface area contributed by atoms with E-state index < -0.39 is 15.8 Å². The van der Waals surface area contributed by atoms with E-state index in [1.165, 1.54) is 0 Å². The number of carbonyl (C=O) groups is 2. The van der Waals surface area contributed by atoms with Crippen LogP contribution in [0.5, 0.6) is 0 Å². The molecule has 100 valence electrons. The molecule has 0 aliphatic carbocycles. The van der Waals surface area contributed by atoms with E-state index in [0.717, 1.165) is 6.26 Å². The van der Waals surface area contributed by atoms with Gasteiger partial charge in [-0.05, 0) is 5.92 Å². The molecule has 1 amide bonds. The van der Waals surface area contributed by atoms with Crippen LogP contribution in [0.1, 0.15) is 26.2 Å². The van der Waals surface area contributed by atoms with E-state index in [2.05, 4.69) is 5.32 Å². The van der Waals surface area contributed by atoms with E-state index in [1.54, 1.807) is 0 Å². The van der Waals surface area contributed by atoms with Gasteiger partial charge in [-0.25, -0.2) is 8.42 Å². The summed E-state index contributed by atoms with van der Waals surface area (Å²) in [7, 11) is -3.14. The number of aliphatic carboxylic acids is 1. The predicted octanol–water partition coefficient (Wildman–Crippen LogP) is 0.0382. The Bertz CT molecular complexity index is 363. The van der Waals surface area contributed by atoms with Crippen LogP contribution in [0, 0.1) is 5.92 Å². The van der Waals surface area contributed by atoms with Crippen molar-refractivity contribution in [2.75, 3.05) is 18.6 Å². The summed E-state index contributed by atoms with van der Waals surface area (Å²) < 4.78 is 21.6. The molecule has 0 rings (SSSR count). The highest BCUT2D eigenvalue weighted by molar-refractivity contribution is 7.90. The Kier molecular flexibility index (Phi) is 6.79. The molecule has 0 aromatic carbocycles. The van der Waals surface area contributed by atoms with Gasteiger partial charge >= 0.3 is 5.97 Å². The summed E-state index contributed by atoms with van der Waals surface area (Å²) in [5.41, 5.74) is 0. The van der Waals surface area contributed by atoms with Crippen molar-refractivity contribution in [2.24, 2.45) is 5.92 Å². The molecule has 0 saturated heterocycles. The molecule has 0 radical (unpaired) electrons.